The Hall–Kier alpha value is -3.15. The predicted octanol–water partition coefficient (Wildman–Crippen LogP) is 2.64. The smallest absolute Gasteiger partial charge is 0.356 e. The Balaban J connectivity index is 2.26. The Kier molecular flexibility index (Phi) is 4.87. The van der Waals surface area contributed by atoms with Gasteiger partial charge in [-0.25, -0.2) is 9.48 Å². The SMILES string of the molecule is CC=CC=CC(=O)Nc1ccccc1-n1ccc(C(=O)O)n1. The molecule has 1 amide bonds. The number of amides is 1. The summed E-state index contributed by atoms with van der Waals surface area (Å²) >= 11 is 0. The molecule has 22 heavy (non-hydrogen) atoms. The third-order valence-electron chi connectivity index (χ3n) is 2.77. The van der Waals surface area contributed by atoms with Crippen LogP contribution in [-0.4, -0.2) is 26.8 Å². The Morgan fingerprint density at radius 1 is 1.23 bits per heavy atom. The molecule has 2 aromatic rings. The number of aromatic nitrogens is 2. The zero-order chi connectivity index (χ0) is 15.9. The molecule has 2 rings (SSSR count). The first-order valence-electron chi connectivity index (χ1n) is 6.60. The van der Waals surface area contributed by atoms with Crippen LogP contribution in [-0.2, 0) is 4.79 Å². The van der Waals surface area contributed by atoms with E-state index < -0.39 is 5.97 Å². The lowest BCUT2D eigenvalue weighted by Gasteiger charge is -2.09. The van der Waals surface area contributed by atoms with Gasteiger partial charge in [-0.2, -0.15) is 5.10 Å². The summed E-state index contributed by atoms with van der Waals surface area (Å²) in [6.07, 6.45) is 8.13. The maximum atomic E-state index is 11.8. The molecule has 1 heterocycles. The first-order valence-corrected chi connectivity index (χ1v) is 6.60. The van der Waals surface area contributed by atoms with Gasteiger partial charge in [0.15, 0.2) is 5.69 Å². The second kappa shape index (κ2) is 7.03. The van der Waals surface area contributed by atoms with Crippen molar-refractivity contribution in [3.8, 4) is 5.69 Å². The number of allylic oxidation sites excluding steroid dienone is 3. The second-order valence-corrected chi connectivity index (χ2v) is 4.34. The number of aromatic carboxylic acids is 1. The van der Waals surface area contributed by atoms with Crippen molar-refractivity contribution < 1.29 is 14.7 Å². The Labute approximate surface area is 127 Å². The summed E-state index contributed by atoms with van der Waals surface area (Å²) in [6.45, 7) is 1.86. The van der Waals surface area contributed by atoms with E-state index in [0.29, 0.717) is 11.4 Å². The summed E-state index contributed by atoms with van der Waals surface area (Å²) in [6, 6.07) is 8.41. The number of anilines is 1. The molecule has 1 aromatic heterocycles. The van der Waals surface area contributed by atoms with E-state index in [1.54, 1.807) is 36.4 Å². The molecule has 0 unspecified atom stereocenters. The standard InChI is InChI=1S/C16H15N3O3/c1-2-3-4-9-15(20)17-12-7-5-6-8-14(12)19-11-10-13(18-19)16(21)22/h2-11H,1H3,(H,17,20)(H,21,22). The van der Waals surface area contributed by atoms with Crippen molar-refractivity contribution in [3.63, 3.8) is 0 Å². The minimum atomic E-state index is -1.10. The van der Waals surface area contributed by atoms with Gasteiger partial charge in [-0.15, -0.1) is 0 Å². The van der Waals surface area contributed by atoms with E-state index >= 15 is 0 Å². The summed E-state index contributed by atoms with van der Waals surface area (Å²) in [5.41, 5.74) is 1.06. The van der Waals surface area contributed by atoms with E-state index in [1.165, 1.54) is 23.0 Å². The molecule has 0 saturated carbocycles. The van der Waals surface area contributed by atoms with Crippen LogP contribution in [0.25, 0.3) is 5.69 Å². The van der Waals surface area contributed by atoms with E-state index in [1.807, 2.05) is 13.0 Å². The van der Waals surface area contributed by atoms with E-state index in [0.717, 1.165) is 0 Å². The maximum Gasteiger partial charge on any atom is 0.356 e. The number of carboxylic acids is 1. The number of para-hydroxylation sites is 2. The monoisotopic (exact) mass is 297 g/mol. The topological polar surface area (TPSA) is 84.2 Å². The van der Waals surface area contributed by atoms with Gasteiger partial charge in [0.2, 0.25) is 5.91 Å². The molecule has 0 fully saturated rings. The predicted molar refractivity (Wildman–Crippen MR) is 83.1 cm³/mol. The molecule has 112 valence electrons. The number of nitrogens with zero attached hydrogens (tertiary/aromatic N) is 2. The molecular weight excluding hydrogens is 282 g/mol. The molecule has 0 aliphatic rings. The summed E-state index contributed by atoms with van der Waals surface area (Å²) in [5, 5.41) is 15.6. The van der Waals surface area contributed by atoms with E-state index in [2.05, 4.69) is 10.4 Å². The quantitative estimate of drug-likeness (QED) is 0.656. The molecule has 6 heteroatoms. The molecule has 0 radical (unpaired) electrons. The van der Waals surface area contributed by atoms with Gasteiger partial charge < -0.3 is 10.4 Å². The highest BCUT2D eigenvalue weighted by Crippen LogP contribution is 2.19. The number of hydrogen-bond donors (Lipinski definition) is 2. The zero-order valence-electron chi connectivity index (χ0n) is 11.9. The van der Waals surface area contributed by atoms with Crippen molar-refractivity contribution in [1.29, 1.82) is 0 Å². The third kappa shape index (κ3) is 3.69. The fraction of sp³-hybridized carbons (Fsp3) is 0.0625. The van der Waals surface area contributed by atoms with Crippen LogP contribution in [0.4, 0.5) is 5.69 Å². The average molecular weight is 297 g/mol. The highest BCUT2D eigenvalue weighted by Gasteiger charge is 2.11. The van der Waals surface area contributed by atoms with E-state index in [-0.39, 0.29) is 11.6 Å². The number of carbonyl (C=O) groups is 2. The van der Waals surface area contributed by atoms with Gasteiger partial charge >= 0.3 is 5.97 Å². The summed E-state index contributed by atoms with van der Waals surface area (Å²) in [5.74, 6) is -1.38. The summed E-state index contributed by atoms with van der Waals surface area (Å²) in [4.78, 5) is 22.7. The van der Waals surface area contributed by atoms with Crippen LogP contribution >= 0.6 is 0 Å². The zero-order valence-corrected chi connectivity index (χ0v) is 11.9. The van der Waals surface area contributed by atoms with E-state index in [4.69, 9.17) is 5.11 Å². The van der Waals surface area contributed by atoms with Gasteiger partial charge in [-0.1, -0.05) is 30.4 Å². The second-order valence-electron chi connectivity index (χ2n) is 4.34. The number of hydrogen-bond acceptors (Lipinski definition) is 3. The van der Waals surface area contributed by atoms with Crippen molar-refractivity contribution in [2.45, 2.75) is 6.92 Å². The van der Waals surface area contributed by atoms with Crippen molar-refractivity contribution in [3.05, 3.63) is 66.5 Å². The molecule has 6 nitrogen and oxygen atoms in total. The Morgan fingerprint density at radius 2 is 2.00 bits per heavy atom. The van der Waals surface area contributed by atoms with Gasteiger partial charge in [0.05, 0.1) is 11.4 Å². The van der Waals surface area contributed by atoms with Gasteiger partial charge in [0.25, 0.3) is 0 Å². The molecule has 0 spiro atoms. The van der Waals surface area contributed by atoms with Crippen molar-refractivity contribution in [2.24, 2.45) is 0 Å². The molecule has 0 saturated heterocycles. The number of nitrogens with one attached hydrogen (secondary N) is 1. The fourth-order valence-corrected chi connectivity index (χ4v) is 1.78. The molecule has 0 aliphatic heterocycles. The lowest BCUT2D eigenvalue weighted by Crippen LogP contribution is -2.11. The number of carbonyl (C=O) groups excluding carboxylic acids is 1. The first-order chi connectivity index (χ1) is 10.6. The first kappa shape index (κ1) is 15.2. The van der Waals surface area contributed by atoms with Crippen LogP contribution in [0.3, 0.4) is 0 Å². The van der Waals surface area contributed by atoms with Crippen LogP contribution in [0.1, 0.15) is 17.4 Å². The van der Waals surface area contributed by atoms with E-state index in [9.17, 15) is 9.59 Å². The van der Waals surface area contributed by atoms with Gasteiger partial charge in [-0.05, 0) is 25.1 Å². The number of rotatable bonds is 5. The third-order valence-corrected chi connectivity index (χ3v) is 2.77. The van der Waals surface area contributed by atoms with Gasteiger partial charge in [-0.3, -0.25) is 4.79 Å². The Bertz CT molecular complexity index is 745. The minimum Gasteiger partial charge on any atom is -0.476 e. The Morgan fingerprint density at radius 3 is 2.68 bits per heavy atom. The molecule has 1 aromatic carbocycles. The maximum absolute atomic E-state index is 11.8. The normalized spacial score (nSPS) is 11.1. The highest BCUT2D eigenvalue weighted by molar-refractivity contribution is 6.00. The van der Waals surface area contributed by atoms with Crippen LogP contribution in [0.15, 0.2) is 60.8 Å². The fourth-order valence-electron chi connectivity index (χ4n) is 1.78. The summed E-state index contributed by atoms with van der Waals surface area (Å²) in [7, 11) is 0. The highest BCUT2D eigenvalue weighted by atomic mass is 16.4. The molecular formula is C16H15N3O3. The minimum absolute atomic E-state index is 0.0610. The molecule has 2 N–H and O–H groups in total. The van der Waals surface area contributed by atoms with Crippen LogP contribution in [0.2, 0.25) is 0 Å². The van der Waals surface area contributed by atoms with Crippen LogP contribution in [0.5, 0.6) is 0 Å². The largest absolute Gasteiger partial charge is 0.476 e. The van der Waals surface area contributed by atoms with Crippen molar-refractivity contribution in [1.82, 2.24) is 9.78 Å². The van der Waals surface area contributed by atoms with Crippen molar-refractivity contribution >= 4 is 17.6 Å². The molecule has 0 atom stereocenters. The van der Waals surface area contributed by atoms with Crippen LogP contribution < -0.4 is 5.32 Å². The lowest BCUT2D eigenvalue weighted by atomic mass is 10.2. The molecule has 0 bridgehead atoms. The summed E-state index contributed by atoms with van der Waals surface area (Å²) < 4.78 is 1.41. The molecule has 0 aliphatic carbocycles. The van der Waals surface area contributed by atoms with Crippen molar-refractivity contribution in [2.75, 3.05) is 5.32 Å². The van der Waals surface area contributed by atoms with Gasteiger partial charge in [0.1, 0.15) is 0 Å². The lowest BCUT2D eigenvalue weighted by molar-refractivity contribution is -0.111. The van der Waals surface area contributed by atoms with Gasteiger partial charge in [0, 0.05) is 12.3 Å². The average Bonchev–Trinajstić information content (AvgIpc) is 2.98. The number of benzene rings is 1. The number of carboxylic acid groups (broad SMARTS) is 1. The van der Waals surface area contributed by atoms with Crippen LogP contribution in [0, 0.1) is 0 Å².